The van der Waals surface area contributed by atoms with E-state index in [4.69, 9.17) is 9.63 Å². The summed E-state index contributed by atoms with van der Waals surface area (Å²) in [7, 11) is 0. The SMILES string of the molecule is Cc1ccc2c(CCC(=O)O)noc2c1. The number of hydrogen-bond acceptors (Lipinski definition) is 3. The molecule has 1 heterocycles. The van der Waals surface area contributed by atoms with Crippen molar-refractivity contribution in [2.75, 3.05) is 0 Å². The van der Waals surface area contributed by atoms with Crippen LogP contribution >= 0.6 is 0 Å². The molecule has 1 N–H and O–H groups in total. The van der Waals surface area contributed by atoms with Gasteiger partial charge in [0.05, 0.1) is 12.1 Å². The van der Waals surface area contributed by atoms with Crippen molar-refractivity contribution in [3.05, 3.63) is 29.5 Å². The molecule has 0 atom stereocenters. The molecule has 4 nitrogen and oxygen atoms in total. The van der Waals surface area contributed by atoms with E-state index in [1.165, 1.54) is 0 Å². The highest BCUT2D eigenvalue weighted by Crippen LogP contribution is 2.20. The molecule has 4 heteroatoms. The smallest absolute Gasteiger partial charge is 0.303 e. The highest BCUT2D eigenvalue weighted by atomic mass is 16.5. The zero-order valence-corrected chi connectivity index (χ0v) is 8.36. The summed E-state index contributed by atoms with van der Waals surface area (Å²) in [5, 5.41) is 13.3. The number of aryl methyl sites for hydroxylation is 2. The van der Waals surface area contributed by atoms with Crippen LogP contribution in [0.25, 0.3) is 11.0 Å². The molecule has 0 aliphatic heterocycles. The van der Waals surface area contributed by atoms with E-state index < -0.39 is 5.97 Å². The van der Waals surface area contributed by atoms with Crippen LogP contribution in [0.15, 0.2) is 22.7 Å². The molecule has 0 aliphatic carbocycles. The van der Waals surface area contributed by atoms with Crippen molar-refractivity contribution in [2.24, 2.45) is 0 Å². The molecule has 0 spiro atoms. The maximum Gasteiger partial charge on any atom is 0.303 e. The van der Waals surface area contributed by atoms with Gasteiger partial charge >= 0.3 is 5.97 Å². The van der Waals surface area contributed by atoms with Gasteiger partial charge in [-0.2, -0.15) is 0 Å². The van der Waals surface area contributed by atoms with Crippen LogP contribution < -0.4 is 0 Å². The number of benzene rings is 1. The monoisotopic (exact) mass is 205 g/mol. The third-order valence-corrected chi connectivity index (χ3v) is 2.28. The molecule has 0 saturated carbocycles. The first kappa shape index (κ1) is 9.71. The molecule has 0 aliphatic rings. The topological polar surface area (TPSA) is 63.3 Å². The molecular formula is C11H11NO3. The molecular weight excluding hydrogens is 194 g/mol. The molecule has 0 radical (unpaired) electrons. The minimum Gasteiger partial charge on any atom is -0.481 e. The summed E-state index contributed by atoms with van der Waals surface area (Å²) in [5.41, 5.74) is 2.53. The Hall–Kier alpha value is -1.84. The first-order valence-corrected chi connectivity index (χ1v) is 4.73. The van der Waals surface area contributed by atoms with Gasteiger partial charge < -0.3 is 9.63 Å². The standard InChI is InChI=1S/C11H11NO3/c1-7-2-3-8-9(4-5-11(13)14)12-15-10(8)6-7/h2-3,6H,4-5H2,1H3,(H,13,14). The first-order chi connectivity index (χ1) is 7.16. The van der Waals surface area contributed by atoms with Crippen LogP contribution in [0.3, 0.4) is 0 Å². The number of hydrogen-bond donors (Lipinski definition) is 1. The van der Waals surface area contributed by atoms with Gasteiger partial charge in [0.25, 0.3) is 0 Å². The molecule has 1 aromatic heterocycles. The van der Waals surface area contributed by atoms with E-state index in [0.29, 0.717) is 12.1 Å². The highest BCUT2D eigenvalue weighted by molar-refractivity contribution is 5.80. The van der Waals surface area contributed by atoms with E-state index >= 15 is 0 Å². The van der Waals surface area contributed by atoms with Gasteiger partial charge in [0.15, 0.2) is 5.58 Å². The second-order valence-corrected chi connectivity index (χ2v) is 3.52. The second kappa shape index (κ2) is 3.73. The van der Waals surface area contributed by atoms with Crippen molar-refractivity contribution >= 4 is 16.9 Å². The van der Waals surface area contributed by atoms with Gasteiger partial charge in [-0.25, -0.2) is 0 Å². The number of carboxylic acid groups (broad SMARTS) is 1. The van der Waals surface area contributed by atoms with Crippen LogP contribution in [0.5, 0.6) is 0 Å². The molecule has 0 bridgehead atoms. The Balaban J connectivity index is 2.32. The lowest BCUT2D eigenvalue weighted by atomic mass is 10.1. The largest absolute Gasteiger partial charge is 0.481 e. The maximum absolute atomic E-state index is 10.4. The summed E-state index contributed by atoms with van der Waals surface area (Å²) in [6.45, 7) is 1.97. The Kier molecular flexibility index (Phi) is 2.41. The normalized spacial score (nSPS) is 10.7. The predicted octanol–water partition coefficient (Wildman–Crippen LogP) is 2.15. The third-order valence-electron chi connectivity index (χ3n) is 2.28. The lowest BCUT2D eigenvalue weighted by Gasteiger charge is -1.93. The van der Waals surface area contributed by atoms with E-state index in [1.54, 1.807) is 0 Å². The average Bonchev–Trinajstić information content (AvgIpc) is 2.57. The fraction of sp³-hybridized carbons (Fsp3) is 0.273. The van der Waals surface area contributed by atoms with Crippen molar-refractivity contribution < 1.29 is 14.4 Å². The van der Waals surface area contributed by atoms with E-state index in [9.17, 15) is 4.79 Å². The van der Waals surface area contributed by atoms with Crippen LogP contribution in [0.1, 0.15) is 17.7 Å². The summed E-state index contributed by atoms with van der Waals surface area (Å²) in [4.78, 5) is 10.4. The Morgan fingerprint density at radius 3 is 3.07 bits per heavy atom. The van der Waals surface area contributed by atoms with Gasteiger partial charge in [-0.3, -0.25) is 4.79 Å². The molecule has 0 saturated heterocycles. The Morgan fingerprint density at radius 2 is 2.33 bits per heavy atom. The summed E-state index contributed by atoms with van der Waals surface area (Å²) in [6, 6.07) is 5.77. The number of carboxylic acids is 1. The van der Waals surface area contributed by atoms with Gasteiger partial charge in [0.1, 0.15) is 0 Å². The average molecular weight is 205 g/mol. The number of rotatable bonds is 3. The molecule has 2 rings (SSSR count). The van der Waals surface area contributed by atoms with Crippen molar-refractivity contribution in [1.29, 1.82) is 0 Å². The number of aromatic nitrogens is 1. The molecule has 2 aromatic rings. The molecule has 0 unspecified atom stereocenters. The lowest BCUT2D eigenvalue weighted by molar-refractivity contribution is -0.136. The quantitative estimate of drug-likeness (QED) is 0.833. The summed E-state index contributed by atoms with van der Waals surface area (Å²) < 4.78 is 5.12. The minimum atomic E-state index is -0.821. The minimum absolute atomic E-state index is 0.0789. The van der Waals surface area contributed by atoms with E-state index in [2.05, 4.69) is 5.16 Å². The molecule has 15 heavy (non-hydrogen) atoms. The van der Waals surface area contributed by atoms with Gasteiger partial charge in [0.2, 0.25) is 0 Å². The fourth-order valence-electron chi connectivity index (χ4n) is 1.50. The van der Waals surface area contributed by atoms with Crippen LogP contribution in [-0.4, -0.2) is 16.2 Å². The number of aliphatic carboxylic acids is 1. The van der Waals surface area contributed by atoms with Crippen LogP contribution in [0, 0.1) is 6.92 Å². The highest BCUT2D eigenvalue weighted by Gasteiger charge is 2.09. The van der Waals surface area contributed by atoms with Crippen molar-refractivity contribution in [3.63, 3.8) is 0 Å². The Bertz CT molecular complexity index is 502. The van der Waals surface area contributed by atoms with E-state index in [-0.39, 0.29) is 6.42 Å². The third kappa shape index (κ3) is 1.98. The lowest BCUT2D eigenvalue weighted by Crippen LogP contribution is -1.97. The summed E-state index contributed by atoms with van der Waals surface area (Å²) >= 11 is 0. The summed E-state index contributed by atoms with van der Waals surface area (Å²) in [5.74, 6) is -0.821. The Morgan fingerprint density at radius 1 is 1.53 bits per heavy atom. The first-order valence-electron chi connectivity index (χ1n) is 4.73. The van der Waals surface area contributed by atoms with Crippen LogP contribution in [-0.2, 0) is 11.2 Å². The molecule has 1 aromatic carbocycles. The molecule has 78 valence electrons. The zero-order valence-electron chi connectivity index (χ0n) is 8.36. The number of carbonyl (C=O) groups is 1. The van der Waals surface area contributed by atoms with Gasteiger partial charge in [0, 0.05) is 11.8 Å². The van der Waals surface area contributed by atoms with Gasteiger partial charge in [-0.05, 0) is 24.6 Å². The number of fused-ring (bicyclic) bond motifs is 1. The van der Waals surface area contributed by atoms with Crippen LogP contribution in [0.2, 0.25) is 0 Å². The van der Waals surface area contributed by atoms with E-state index in [1.807, 2.05) is 25.1 Å². The maximum atomic E-state index is 10.4. The zero-order chi connectivity index (χ0) is 10.8. The van der Waals surface area contributed by atoms with Gasteiger partial charge in [-0.1, -0.05) is 11.2 Å². The molecule has 0 amide bonds. The second-order valence-electron chi connectivity index (χ2n) is 3.52. The van der Waals surface area contributed by atoms with Gasteiger partial charge in [-0.15, -0.1) is 0 Å². The predicted molar refractivity (Wildman–Crippen MR) is 54.7 cm³/mol. The fourth-order valence-corrected chi connectivity index (χ4v) is 1.50. The van der Waals surface area contributed by atoms with Crippen molar-refractivity contribution in [3.8, 4) is 0 Å². The Labute approximate surface area is 86.5 Å². The number of nitrogens with zero attached hydrogens (tertiary/aromatic N) is 1. The van der Waals surface area contributed by atoms with Crippen molar-refractivity contribution in [1.82, 2.24) is 5.16 Å². The van der Waals surface area contributed by atoms with Crippen LogP contribution in [0.4, 0.5) is 0 Å². The van der Waals surface area contributed by atoms with E-state index in [0.717, 1.165) is 16.5 Å². The molecule has 0 fully saturated rings. The summed E-state index contributed by atoms with van der Waals surface area (Å²) in [6.07, 6.45) is 0.487. The van der Waals surface area contributed by atoms with Crippen molar-refractivity contribution in [2.45, 2.75) is 19.8 Å².